The molecule has 1 unspecified atom stereocenters. The summed E-state index contributed by atoms with van der Waals surface area (Å²) < 4.78 is 13.1. The summed E-state index contributed by atoms with van der Waals surface area (Å²) in [5, 5.41) is 0. The molecule has 2 heteroatoms. The maximum absolute atomic E-state index is 13.1. The van der Waals surface area contributed by atoms with Gasteiger partial charge in [0.25, 0.3) is 0 Å². The van der Waals surface area contributed by atoms with E-state index < -0.39 is 0 Å². The number of aryl methyl sites for hydroxylation is 2. The highest BCUT2D eigenvalue weighted by molar-refractivity contribution is 5.38. The van der Waals surface area contributed by atoms with Crippen LogP contribution in [0.3, 0.4) is 0 Å². The largest absolute Gasteiger partial charge is 0.323 e. The fourth-order valence-corrected chi connectivity index (χ4v) is 2.54. The molecule has 2 rings (SSSR count). The first-order valence-electron chi connectivity index (χ1n) is 6.91. The average Bonchev–Trinajstić information content (AvgIpc) is 2.41. The van der Waals surface area contributed by atoms with E-state index in [9.17, 15) is 4.39 Å². The minimum atomic E-state index is -0.258. The summed E-state index contributed by atoms with van der Waals surface area (Å²) in [6.45, 7) is 8.36. The zero-order valence-electron chi connectivity index (χ0n) is 12.6. The number of hydrogen-bond donors (Lipinski definition) is 1. The Morgan fingerprint density at radius 3 is 2.20 bits per heavy atom. The Hall–Kier alpha value is -1.67. The average molecular weight is 271 g/mol. The quantitative estimate of drug-likeness (QED) is 0.878. The molecule has 0 bridgehead atoms. The molecule has 2 aromatic rings. The Balaban J connectivity index is 2.42. The Morgan fingerprint density at radius 1 is 1.00 bits per heavy atom. The van der Waals surface area contributed by atoms with Crippen LogP contribution < -0.4 is 5.73 Å². The molecule has 0 aliphatic rings. The van der Waals surface area contributed by atoms with Crippen LogP contribution in [-0.4, -0.2) is 0 Å². The van der Waals surface area contributed by atoms with Crippen LogP contribution in [0.5, 0.6) is 0 Å². The van der Waals surface area contributed by atoms with Crippen molar-refractivity contribution in [3.8, 4) is 0 Å². The molecule has 0 aromatic heterocycles. The van der Waals surface area contributed by atoms with E-state index in [-0.39, 0.29) is 17.3 Å². The van der Waals surface area contributed by atoms with Gasteiger partial charge in [-0.05, 0) is 42.7 Å². The Kier molecular flexibility index (Phi) is 3.96. The molecule has 0 aliphatic carbocycles. The lowest BCUT2D eigenvalue weighted by molar-refractivity contribution is 0.418. The van der Waals surface area contributed by atoms with Gasteiger partial charge in [0.1, 0.15) is 5.82 Å². The Labute approximate surface area is 120 Å². The fraction of sp³-hybridized carbons (Fsp3) is 0.333. The molecular weight excluding hydrogens is 249 g/mol. The van der Waals surface area contributed by atoms with Gasteiger partial charge in [-0.1, -0.05) is 49.7 Å². The molecule has 0 aliphatic heterocycles. The molecule has 2 N–H and O–H groups in total. The van der Waals surface area contributed by atoms with Crippen molar-refractivity contribution in [2.24, 2.45) is 5.73 Å². The summed E-state index contributed by atoms with van der Waals surface area (Å²) in [6, 6.07) is 12.8. The number of hydrogen-bond acceptors (Lipinski definition) is 1. The van der Waals surface area contributed by atoms with Crippen molar-refractivity contribution in [3.05, 3.63) is 70.5 Å². The van der Waals surface area contributed by atoms with Crippen molar-refractivity contribution in [1.82, 2.24) is 0 Å². The van der Waals surface area contributed by atoms with Crippen molar-refractivity contribution in [2.75, 3.05) is 0 Å². The summed E-state index contributed by atoms with van der Waals surface area (Å²) in [5.74, 6) is -0.218. The number of nitrogens with two attached hydrogens (primary N) is 1. The van der Waals surface area contributed by atoms with E-state index in [1.54, 1.807) is 0 Å². The van der Waals surface area contributed by atoms with Gasteiger partial charge >= 0.3 is 0 Å². The molecule has 20 heavy (non-hydrogen) atoms. The minimum Gasteiger partial charge on any atom is -0.323 e. The third-order valence-electron chi connectivity index (χ3n) is 4.14. The molecule has 1 atom stereocenters. The van der Waals surface area contributed by atoms with Crippen LogP contribution in [0.2, 0.25) is 0 Å². The van der Waals surface area contributed by atoms with Crippen LogP contribution in [-0.2, 0) is 5.41 Å². The second kappa shape index (κ2) is 5.37. The van der Waals surface area contributed by atoms with E-state index in [0.717, 1.165) is 11.1 Å². The summed E-state index contributed by atoms with van der Waals surface area (Å²) in [5.41, 5.74) is 10.9. The van der Waals surface area contributed by atoms with Gasteiger partial charge in [0, 0.05) is 11.5 Å². The molecule has 0 radical (unpaired) electrons. The van der Waals surface area contributed by atoms with Crippen LogP contribution >= 0.6 is 0 Å². The number of benzene rings is 2. The highest BCUT2D eigenvalue weighted by Gasteiger charge is 2.30. The number of rotatable bonds is 3. The summed E-state index contributed by atoms with van der Waals surface area (Å²) in [4.78, 5) is 0. The van der Waals surface area contributed by atoms with E-state index in [4.69, 9.17) is 5.73 Å². The maximum Gasteiger partial charge on any atom is 0.123 e. The SMILES string of the molecule is Cc1ccc(C)c(C(N)C(C)(C)c2ccc(F)cc2)c1. The predicted octanol–water partition coefficient (Wildman–Crippen LogP) is 4.42. The Morgan fingerprint density at radius 2 is 1.60 bits per heavy atom. The van der Waals surface area contributed by atoms with E-state index in [1.807, 2.05) is 12.1 Å². The standard InChI is InChI=1S/C18H22FN/c1-12-5-6-13(2)16(11-12)17(20)18(3,4)14-7-9-15(19)10-8-14/h5-11,17H,20H2,1-4H3. The topological polar surface area (TPSA) is 26.0 Å². The zero-order valence-corrected chi connectivity index (χ0v) is 12.6. The second-order valence-corrected chi connectivity index (χ2v) is 6.07. The van der Waals surface area contributed by atoms with Crippen molar-refractivity contribution in [1.29, 1.82) is 0 Å². The van der Waals surface area contributed by atoms with Gasteiger partial charge in [-0.3, -0.25) is 0 Å². The molecule has 0 amide bonds. The predicted molar refractivity (Wildman–Crippen MR) is 82.3 cm³/mol. The highest BCUT2D eigenvalue weighted by atomic mass is 19.1. The van der Waals surface area contributed by atoms with Crippen molar-refractivity contribution in [3.63, 3.8) is 0 Å². The molecule has 0 saturated carbocycles. The first-order valence-corrected chi connectivity index (χ1v) is 6.91. The normalized spacial score (nSPS) is 13.3. The molecular formula is C18H22FN. The third-order valence-corrected chi connectivity index (χ3v) is 4.14. The molecule has 0 fully saturated rings. The fourth-order valence-electron chi connectivity index (χ4n) is 2.54. The third kappa shape index (κ3) is 2.75. The van der Waals surface area contributed by atoms with Crippen LogP contribution in [0.1, 0.15) is 42.1 Å². The van der Waals surface area contributed by atoms with Crippen LogP contribution in [0, 0.1) is 19.7 Å². The van der Waals surface area contributed by atoms with E-state index >= 15 is 0 Å². The molecule has 106 valence electrons. The van der Waals surface area contributed by atoms with Gasteiger partial charge in [-0.15, -0.1) is 0 Å². The van der Waals surface area contributed by atoms with Crippen molar-refractivity contribution in [2.45, 2.75) is 39.2 Å². The summed E-state index contributed by atoms with van der Waals surface area (Å²) in [6.07, 6.45) is 0. The van der Waals surface area contributed by atoms with Crippen LogP contribution in [0.4, 0.5) is 4.39 Å². The lowest BCUT2D eigenvalue weighted by Gasteiger charge is -2.33. The number of halogens is 1. The summed E-state index contributed by atoms with van der Waals surface area (Å²) >= 11 is 0. The molecule has 1 nitrogen and oxygen atoms in total. The van der Waals surface area contributed by atoms with E-state index in [0.29, 0.717) is 0 Å². The lowest BCUT2D eigenvalue weighted by Crippen LogP contribution is -2.33. The van der Waals surface area contributed by atoms with Crippen molar-refractivity contribution >= 4 is 0 Å². The second-order valence-electron chi connectivity index (χ2n) is 6.07. The van der Waals surface area contributed by atoms with Gasteiger partial charge in [-0.2, -0.15) is 0 Å². The molecule has 0 spiro atoms. The van der Waals surface area contributed by atoms with Gasteiger partial charge < -0.3 is 5.73 Å². The molecule has 0 heterocycles. The van der Waals surface area contributed by atoms with Gasteiger partial charge in [0.2, 0.25) is 0 Å². The van der Waals surface area contributed by atoms with Crippen molar-refractivity contribution < 1.29 is 4.39 Å². The smallest absolute Gasteiger partial charge is 0.123 e. The highest BCUT2D eigenvalue weighted by Crippen LogP contribution is 2.36. The summed E-state index contributed by atoms with van der Waals surface area (Å²) in [7, 11) is 0. The van der Waals surface area contributed by atoms with Gasteiger partial charge in [-0.25, -0.2) is 4.39 Å². The minimum absolute atomic E-state index is 0.132. The first kappa shape index (κ1) is 14.7. The van der Waals surface area contributed by atoms with E-state index in [1.165, 1.54) is 23.3 Å². The molecule has 0 saturated heterocycles. The first-order chi connectivity index (χ1) is 9.32. The van der Waals surface area contributed by atoms with Gasteiger partial charge in [0.05, 0.1) is 0 Å². The molecule has 2 aromatic carbocycles. The lowest BCUT2D eigenvalue weighted by atomic mass is 9.74. The maximum atomic E-state index is 13.1. The van der Waals surface area contributed by atoms with Crippen LogP contribution in [0.25, 0.3) is 0 Å². The van der Waals surface area contributed by atoms with Gasteiger partial charge in [0.15, 0.2) is 0 Å². The monoisotopic (exact) mass is 271 g/mol. The Bertz CT molecular complexity index is 599. The van der Waals surface area contributed by atoms with E-state index in [2.05, 4.69) is 45.9 Å². The zero-order chi connectivity index (χ0) is 14.9. The van der Waals surface area contributed by atoms with Crippen LogP contribution in [0.15, 0.2) is 42.5 Å².